The van der Waals surface area contributed by atoms with Gasteiger partial charge in [-0.05, 0) is 73.0 Å². The zero-order valence-corrected chi connectivity index (χ0v) is 20.3. The molecular formula is C27H24ClN3O4. The zero-order chi connectivity index (χ0) is 25.1. The van der Waals surface area contributed by atoms with Gasteiger partial charge in [-0.1, -0.05) is 36.7 Å². The van der Waals surface area contributed by atoms with E-state index in [0.717, 1.165) is 16.9 Å². The van der Waals surface area contributed by atoms with Crippen LogP contribution in [0, 0.1) is 6.92 Å². The molecule has 0 fully saturated rings. The summed E-state index contributed by atoms with van der Waals surface area (Å²) in [5.41, 5.74) is 3.95. The van der Waals surface area contributed by atoms with Crippen molar-refractivity contribution in [1.82, 2.24) is 0 Å². The van der Waals surface area contributed by atoms with Crippen molar-refractivity contribution in [3.05, 3.63) is 94.1 Å². The first-order valence-corrected chi connectivity index (χ1v) is 11.4. The third kappa shape index (κ3) is 4.90. The molecule has 0 radical (unpaired) electrons. The van der Waals surface area contributed by atoms with Gasteiger partial charge in [0.15, 0.2) is 0 Å². The highest BCUT2D eigenvalue weighted by atomic mass is 35.5. The molecule has 0 unspecified atom stereocenters. The molecular weight excluding hydrogens is 466 g/mol. The van der Waals surface area contributed by atoms with Crippen LogP contribution in [-0.4, -0.2) is 24.8 Å². The van der Waals surface area contributed by atoms with E-state index in [1.165, 1.54) is 12.7 Å². The number of hydrogen-bond donors (Lipinski definition) is 2. The lowest BCUT2D eigenvalue weighted by Crippen LogP contribution is -2.32. The normalized spacial score (nSPS) is 13.3. The maximum Gasteiger partial charge on any atom is 0.283 e. The van der Waals surface area contributed by atoms with Crippen molar-refractivity contribution in [2.75, 3.05) is 22.6 Å². The van der Waals surface area contributed by atoms with Gasteiger partial charge in [-0.2, -0.15) is 0 Å². The molecule has 1 heterocycles. The van der Waals surface area contributed by atoms with Crippen LogP contribution in [0.25, 0.3) is 0 Å². The summed E-state index contributed by atoms with van der Waals surface area (Å²) in [6, 6.07) is 19.4. The third-order valence-corrected chi connectivity index (χ3v) is 5.99. The van der Waals surface area contributed by atoms with Gasteiger partial charge in [-0.25, -0.2) is 4.90 Å². The maximum absolute atomic E-state index is 13.1. The van der Waals surface area contributed by atoms with E-state index in [9.17, 15) is 14.4 Å². The Morgan fingerprint density at radius 3 is 2.23 bits per heavy atom. The van der Waals surface area contributed by atoms with Gasteiger partial charge in [0.25, 0.3) is 17.7 Å². The number of aryl methyl sites for hydroxylation is 2. The fourth-order valence-electron chi connectivity index (χ4n) is 3.68. The molecule has 1 aliphatic heterocycles. The third-order valence-electron chi connectivity index (χ3n) is 5.64. The lowest BCUT2D eigenvalue weighted by molar-refractivity contribution is -0.120. The van der Waals surface area contributed by atoms with Gasteiger partial charge in [-0.15, -0.1) is 0 Å². The Labute approximate surface area is 208 Å². The Bertz CT molecular complexity index is 1330. The number of hydrogen-bond acceptors (Lipinski definition) is 5. The number of ether oxygens (including phenoxy) is 1. The predicted molar refractivity (Wildman–Crippen MR) is 137 cm³/mol. The highest BCUT2D eigenvalue weighted by Crippen LogP contribution is 2.36. The van der Waals surface area contributed by atoms with Crippen molar-refractivity contribution >= 4 is 46.4 Å². The Morgan fingerprint density at radius 2 is 1.60 bits per heavy atom. The molecule has 4 rings (SSSR count). The summed E-state index contributed by atoms with van der Waals surface area (Å²) >= 11 is 6.25. The highest BCUT2D eigenvalue weighted by molar-refractivity contribution is 6.53. The molecule has 178 valence electrons. The molecule has 1 aliphatic rings. The quantitative estimate of drug-likeness (QED) is 0.442. The Morgan fingerprint density at radius 1 is 0.943 bits per heavy atom. The minimum Gasteiger partial charge on any atom is -0.495 e. The maximum atomic E-state index is 13.1. The van der Waals surface area contributed by atoms with Gasteiger partial charge in [0.1, 0.15) is 16.5 Å². The topological polar surface area (TPSA) is 87.7 Å². The van der Waals surface area contributed by atoms with E-state index < -0.39 is 11.8 Å². The van der Waals surface area contributed by atoms with Crippen molar-refractivity contribution in [1.29, 1.82) is 0 Å². The van der Waals surface area contributed by atoms with E-state index in [1.54, 1.807) is 36.4 Å². The molecule has 8 heteroatoms. The first kappa shape index (κ1) is 24.0. The Hall–Kier alpha value is -4.10. The molecule has 0 bridgehead atoms. The number of benzene rings is 3. The van der Waals surface area contributed by atoms with Gasteiger partial charge >= 0.3 is 0 Å². The van der Waals surface area contributed by atoms with Gasteiger partial charge in [0.05, 0.1) is 12.8 Å². The summed E-state index contributed by atoms with van der Waals surface area (Å²) in [5, 5.41) is 5.54. The molecule has 35 heavy (non-hydrogen) atoms. The second-order valence-corrected chi connectivity index (χ2v) is 8.39. The van der Waals surface area contributed by atoms with E-state index in [0.29, 0.717) is 28.4 Å². The number of anilines is 3. The lowest BCUT2D eigenvalue weighted by Gasteiger charge is -2.18. The molecule has 0 aromatic heterocycles. The molecule has 3 aromatic rings. The van der Waals surface area contributed by atoms with Crippen LogP contribution >= 0.6 is 11.6 Å². The standard InChI is InChI=1S/C27H24ClN3O4/c1-4-17-6-10-20(11-7-17)30-25(32)18-8-12-19(13-9-18)29-24-23(28)26(33)31(27(24)34)21-15-16(2)5-14-22(21)35-3/h5-15,29H,4H2,1-3H3,(H,30,32). The largest absolute Gasteiger partial charge is 0.495 e. The van der Waals surface area contributed by atoms with Crippen LogP contribution in [0.5, 0.6) is 5.75 Å². The van der Waals surface area contributed by atoms with E-state index >= 15 is 0 Å². The van der Waals surface area contributed by atoms with Gasteiger partial charge in [0.2, 0.25) is 0 Å². The zero-order valence-electron chi connectivity index (χ0n) is 19.5. The number of methoxy groups -OCH3 is 1. The summed E-state index contributed by atoms with van der Waals surface area (Å²) in [5.74, 6) is -1.12. The van der Waals surface area contributed by atoms with Crippen molar-refractivity contribution in [2.45, 2.75) is 20.3 Å². The van der Waals surface area contributed by atoms with E-state index in [2.05, 4.69) is 17.6 Å². The number of nitrogens with one attached hydrogen (secondary N) is 2. The van der Waals surface area contributed by atoms with E-state index in [4.69, 9.17) is 16.3 Å². The van der Waals surface area contributed by atoms with Crippen LogP contribution < -0.4 is 20.3 Å². The van der Waals surface area contributed by atoms with Gasteiger partial charge in [-0.3, -0.25) is 14.4 Å². The number of halogens is 1. The molecule has 0 saturated carbocycles. The van der Waals surface area contributed by atoms with Crippen LogP contribution in [0.4, 0.5) is 17.1 Å². The number of carbonyl (C=O) groups is 3. The van der Waals surface area contributed by atoms with Crippen molar-refractivity contribution < 1.29 is 19.1 Å². The van der Waals surface area contributed by atoms with Crippen LogP contribution in [0.2, 0.25) is 0 Å². The fraction of sp³-hybridized carbons (Fsp3) is 0.148. The van der Waals surface area contributed by atoms with Crippen LogP contribution in [0.1, 0.15) is 28.4 Å². The summed E-state index contributed by atoms with van der Waals surface area (Å²) in [7, 11) is 1.46. The van der Waals surface area contributed by atoms with Crippen LogP contribution in [0.15, 0.2) is 77.5 Å². The van der Waals surface area contributed by atoms with E-state index in [-0.39, 0.29) is 16.6 Å². The van der Waals surface area contributed by atoms with Crippen molar-refractivity contribution in [2.24, 2.45) is 0 Å². The minimum absolute atomic E-state index is 0.0477. The first-order chi connectivity index (χ1) is 16.8. The van der Waals surface area contributed by atoms with Crippen LogP contribution in [-0.2, 0) is 16.0 Å². The lowest BCUT2D eigenvalue weighted by atomic mass is 10.1. The SMILES string of the molecule is CCc1ccc(NC(=O)c2ccc(NC3=C(Cl)C(=O)N(c4cc(C)ccc4OC)C3=O)cc2)cc1. The van der Waals surface area contributed by atoms with Crippen molar-refractivity contribution in [3.8, 4) is 5.75 Å². The molecule has 2 N–H and O–H groups in total. The molecule has 7 nitrogen and oxygen atoms in total. The summed E-state index contributed by atoms with van der Waals surface area (Å²) in [6.07, 6.45) is 0.924. The molecule has 3 amide bonds. The van der Waals surface area contributed by atoms with Gasteiger partial charge in [0, 0.05) is 16.9 Å². The number of nitrogens with zero attached hydrogens (tertiary/aromatic N) is 1. The molecule has 0 aliphatic carbocycles. The summed E-state index contributed by atoms with van der Waals surface area (Å²) < 4.78 is 5.32. The monoisotopic (exact) mass is 489 g/mol. The smallest absolute Gasteiger partial charge is 0.283 e. The van der Waals surface area contributed by atoms with E-state index in [1.807, 2.05) is 37.3 Å². The number of carbonyl (C=O) groups excluding carboxylic acids is 3. The van der Waals surface area contributed by atoms with Gasteiger partial charge < -0.3 is 15.4 Å². The van der Waals surface area contributed by atoms with Crippen LogP contribution in [0.3, 0.4) is 0 Å². The average Bonchev–Trinajstić information content (AvgIpc) is 3.07. The molecule has 3 aromatic carbocycles. The Kier molecular flexibility index (Phi) is 6.89. The first-order valence-electron chi connectivity index (χ1n) is 11.0. The van der Waals surface area contributed by atoms with Crippen molar-refractivity contribution in [3.63, 3.8) is 0 Å². The minimum atomic E-state index is -0.645. The molecule has 0 spiro atoms. The fourth-order valence-corrected chi connectivity index (χ4v) is 3.89. The number of rotatable bonds is 7. The predicted octanol–water partition coefficient (Wildman–Crippen LogP) is 5.25. The number of amides is 3. The second-order valence-electron chi connectivity index (χ2n) is 8.02. The summed E-state index contributed by atoms with van der Waals surface area (Å²) in [4.78, 5) is 39.5. The Balaban J connectivity index is 1.49. The second kappa shape index (κ2) is 10.0. The molecule has 0 atom stereocenters. The molecule has 0 saturated heterocycles. The average molecular weight is 490 g/mol. The number of imide groups is 1. The highest BCUT2D eigenvalue weighted by Gasteiger charge is 2.40. The summed E-state index contributed by atoms with van der Waals surface area (Å²) in [6.45, 7) is 3.92.